The molecule has 0 saturated carbocycles. The van der Waals surface area contributed by atoms with Crippen LogP contribution in [0, 0.1) is 26.0 Å². The smallest absolute Gasteiger partial charge is 0.267 e. The molecule has 144 valence electrons. The van der Waals surface area contributed by atoms with Gasteiger partial charge in [0, 0.05) is 11.6 Å². The zero-order valence-electron chi connectivity index (χ0n) is 15.8. The first-order valence-corrected chi connectivity index (χ1v) is 10.1. The third-order valence-corrected chi connectivity index (χ3v) is 5.75. The van der Waals surface area contributed by atoms with Crippen LogP contribution in [0.25, 0.3) is 0 Å². The molecule has 0 bridgehead atoms. The Balaban J connectivity index is 2.07. The van der Waals surface area contributed by atoms with Crippen molar-refractivity contribution in [3.05, 3.63) is 93.9 Å². The number of hydrogen-bond donors (Lipinski definition) is 1. The highest BCUT2D eigenvalue weighted by Crippen LogP contribution is 2.24. The lowest BCUT2D eigenvalue weighted by atomic mass is 10.0. The number of rotatable bonds is 5. The number of benzene rings is 2. The number of sulfonamides is 1. The van der Waals surface area contributed by atoms with Gasteiger partial charge in [0.2, 0.25) is 0 Å². The summed E-state index contributed by atoms with van der Waals surface area (Å²) < 4.78 is 28.5. The molecule has 1 N–H and O–H groups in total. The first-order valence-electron chi connectivity index (χ1n) is 8.62. The normalized spacial score (nSPS) is 11.2. The summed E-state index contributed by atoms with van der Waals surface area (Å²) in [6.45, 7) is 5.31. The van der Waals surface area contributed by atoms with E-state index in [0.29, 0.717) is 10.3 Å². The van der Waals surface area contributed by atoms with Crippen molar-refractivity contribution in [2.75, 3.05) is 4.72 Å². The minimum atomic E-state index is -3.89. The van der Waals surface area contributed by atoms with Gasteiger partial charge in [-0.2, -0.15) is 4.73 Å². The third kappa shape index (κ3) is 3.89. The van der Waals surface area contributed by atoms with Crippen molar-refractivity contribution in [2.45, 2.75) is 25.7 Å². The van der Waals surface area contributed by atoms with E-state index in [0.717, 1.165) is 11.1 Å². The van der Waals surface area contributed by atoms with Crippen LogP contribution in [0.2, 0.25) is 0 Å². The summed E-state index contributed by atoms with van der Waals surface area (Å²) in [4.78, 5) is 13.2. The van der Waals surface area contributed by atoms with Crippen molar-refractivity contribution in [3.63, 3.8) is 0 Å². The maximum atomic E-state index is 13.1. The highest BCUT2D eigenvalue weighted by Gasteiger charge is 2.25. The van der Waals surface area contributed by atoms with E-state index in [-0.39, 0.29) is 21.8 Å². The fourth-order valence-electron chi connectivity index (χ4n) is 2.86. The number of carbonyl (C=O) groups is 1. The SMILES string of the molecule is Cc1ccc(S(=O)(=O)Nc2ccc(C)cc2C(=O)c2c(C)ccc[n+]2[O-])cc1. The number of nitrogens with one attached hydrogen (secondary N) is 1. The lowest BCUT2D eigenvalue weighted by Gasteiger charge is -2.13. The van der Waals surface area contributed by atoms with Crippen LogP contribution < -0.4 is 9.45 Å². The first-order chi connectivity index (χ1) is 13.2. The Morgan fingerprint density at radius 2 is 1.61 bits per heavy atom. The Morgan fingerprint density at radius 1 is 0.964 bits per heavy atom. The van der Waals surface area contributed by atoms with Crippen molar-refractivity contribution in [1.82, 2.24) is 0 Å². The summed E-state index contributed by atoms with van der Waals surface area (Å²) in [6.07, 6.45) is 1.24. The van der Waals surface area contributed by atoms with E-state index in [1.54, 1.807) is 50.2 Å². The van der Waals surface area contributed by atoms with E-state index in [9.17, 15) is 18.4 Å². The molecule has 1 aromatic heterocycles. The van der Waals surface area contributed by atoms with Crippen LogP contribution in [0.5, 0.6) is 0 Å². The molecule has 3 rings (SSSR count). The van der Waals surface area contributed by atoms with Gasteiger partial charge in [-0.25, -0.2) is 8.42 Å². The van der Waals surface area contributed by atoms with Crippen LogP contribution in [-0.2, 0) is 10.0 Å². The molecule has 2 aromatic carbocycles. The van der Waals surface area contributed by atoms with Gasteiger partial charge in [-0.3, -0.25) is 9.52 Å². The summed E-state index contributed by atoms with van der Waals surface area (Å²) in [5.41, 5.74) is 2.42. The van der Waals surface area contributed by atoms with Crippen LogP contribution in [0.4, 0.5) is 5.69 Å². The second-order valence-electron chi connectivity index (χ2n) is 6.66. The molecule has 28 heavy (non-hydrogen) atoms. The predicted molar refractivity (Wildman–Crippen MR) is 107 cm³/mol. The molecule has 0 unspecified atom stereocenters. The molecule has 0 aliphatic carbocycles. The Bertz CT molecular complexity index is 1130. The number of aromatic nitrogens is 1. The monoisotopic (exact) mass is 396 g/mol. The predicted octanol–water partition coefficient (Wildman–Crippen LogP) is 3.28. The lowest BCUT2D eigenvalue weighted by molar-refractivity contribution is -0.607. The standard InChI is InChI=1S/C21H20N2O4S/c1-14-6-9-17(10-7-14)28(26,27)22-19-11-8-15(2)13-18(19)21(24)20-16(3)5-4-12-23(20)25/h4-13,22H,1-3H3. The zero-order chi connectivity index (χ0) is 20.5. The van der Waals surface area contributed by atoms with Crippen LogP contribution in [-0.4, -0.2) is 14.2 Å². The highest BCUT2D eigenvalue weighted by atomic mass is 32.2. The summed E-state index contributed by atoms with van der Waals surface area (Å²) in [5, 5.41) is 12.1. The summed E-state index contributed by atoms with van der Waals surface area (Å²) in [6, 6.07) is 14.4. The number of anilines is 1. The van der Waals surface area contributed by atoms with Crippen molar-refractivity contribution >= 4 is 21.5 Å². The maximum Gasteiger partial charge on any atom is 0.267 e. The van der Waals surface area contributed by atoms with Crippen LogP contribution in [0.3, 0.4) is 0 Å². The average molecular weight is 396 g/mol. The fraction of sp³-hybridized carbons (Fsp3) is 0.143. The van der Waals surface area contributed by atoms with Crippen molar-refractivity contribution < 1.29 is 17.9 Å². The number of carbonyl (C=O) groups excluding carboxylic acids is 1. The van der Waals surface area contributed by atoms with Gasteiger partial charge >= 0.3 is 0 Å². The van der Waals surface area contributed by atoms with E-state index in [1.165, 1.54) is 24.4 Å². The molecule has 0 spiro atoms. The van der Waals surface area contributed by atoms with E-state index < -0.39 is 15.8 Å². The van der Waals surface area contributed by atoms with Gasteiger partial charge in [0.15, 0.2) is 6.20 Å². The van der Waals surface area contributed by atoms with Crippen LogP contribution >= 0.6 is 0 Å². The molecule has 0 aliphatic rings. The second-order valence-corrected chi connectivity index (χ2v) is 8.34. The van der Waals surface area contributed by atoms with E-state index in [4.69, 9.17) is 0 Å². The van der Waals surface area contributed by atoms with E-state index in [2.05, 4.69) is 4.72 Å². The number of aryl methyl sites for hydroxylation is 3. The van der Waals surface area contributed by atoms with E-state index >= 15 is 0 Å². The Kier molecular flexibility index (Phi) is 5.20. The quantitative estimate of drug-likeness (QED) is 0.407. The minimum absolute atomic E-state index is 0.0381. The molecule has 0 saturated heterocycles. The zero-order valence-corrected chi connectivity index (χ0v) is 16.6. The van der Waals surface area contributed by atoms with Gasteiger partial charge in [-0.1, -0.05) is 29.3 Å². The summed E-state index contributed by atoms with van der Waals surface area (Å²) in [7, 11) is -3.89. The molecule has 7 heteroatoms. The van der Waals surface area contributed by atoms with Gasteiger partial charge in [0.25, 0.3) is 21.5 Å². The van der Waals surface area contributed by atoms with Gasteiger partial charge in [0.05, 0.1) is 16.1 Å². The first kappa shape index (κ1) is 19.6. The van der Waals surface area contributed by atoms with Gasteiger partial charge < -0.3 is 5.21 Å². The number of ketones is 1. The van der Waals surface area contributed by atoms with Crippen molar-refractivity contribution in [3.8, 4) is 0 Å². The average Bonchev–Trinajstić information content (AvgIpc) is 2.63. The van der Waals surface area contributed by atoms with Crippen molar-refractivity contribution in [2.24, 2.45) is 0 Å². The van der Waals surface area contributed by atoms with Gasteiger partial charge in [-0.05, 0) is 51.1 Å². The van der Waals surface area contributed by atoms with E-state index in [1.807, 2.05) is 6.92 Å². The number of nitrogens with zero attached hydrogens (tertiary/aromatic N) is 1. The molecule has 0 aliphatic heterocycles. The topological polar surface area (TPSA) is 90.2 Å². The molecule has 0 fully saturated rings. The molecule has 0 radical (unpaired) electrons. The van der Waals surface area contributed by atoms with Crippen LogP contribution in [0.1, 0.15) is 32.7 Å². The summed E-state index contributed by atoms with van der Waals surface area (Å²) in [5.74, 6) is -0.543. The Hall–Kier alpha value is -3.19. The largest absolute Gasteiger partial charge is 0.618 e. The molecular weight excluding hydrogens is 376 g/mol. The fourth-order valence-corrected chi connectivity index (χ4v) is 3.94. The van der Waals surface area contributed by atoms with Crippen LogP contribution in [0.15, 0.2) is 65.7 Å². The maximum absolute atomic E-state index is 13.1. The molecule has 0 amide bonds. The minimum Gasteiger partial charge on any atom is -0.618 e. The third-order valence-electron chi connectivity index (χ3n) is 4.37. The highest BCUT2D eigenvalue weighted by molar-refractivity contribution is 7.92. The van der Waals surface area contributed by atoms with Gasteiger partial charge in [-0.15, -0.1) is 0 Å². The lowest BCUT2D eigenvalue weighted by Crippen LogP contribution is -2.35. The molecular formula is C21H20N2O4S. The second kappa shape index (κ2) is 7.44. The van der Waals surface area contributed by atoms with Gasteiger partial charge in [0.1, 0.15) is 0 Å². The Morgan fingerprint density at radius 3 is 2.25 bits per heavy atom. The van der Waals surface area contributed by atoms with Crippen molar-refractivity contribution in [1.29, 1.82) is 0 Å². The Labute approximate surface area is 164 Å². The molecule has 1 heterocycles. The molecule has 0 atom stereocenters. The molecule has 6 nitrogen and oxygen atoms in total. The number of pyridine rings is 1. The summed E-state index contributed by atoms with van der Waals surface area (Å²) >= 11 is 0. The molecule has 3 aromatic rings. The number of hydrogen-bond acceptors (Lipinski definition) is 4.